The van der Waals surface area contributed by atoms with Crippen molar-refractivity contribution >= 4 is 110 Å². The molecule has 0 spiro atoms. The maximum atomic E-state index is 9.12. The van der Waals surface area contributed by atoms with Crippen molar-refractivity contribution in [3.8, 4) is 112 Å². The molecule has 11 nitrogen and oxygen atoms in total. The van der Waals surface area contributed by atoms with Crippen LogP contribution >= 0.6 is 31.9 Å². The largest absolute Gasteiger partial charge is 0.488 e. The number of furan rings is 3. The fourth-order valence-corrected chi connectivity index (χ4v) is 14.5. The first-order chi connectivity index (χ1) is 51.1. The molecule has 0 aliphatic carbocycles. The molecule has 106 heavy (non-hydrogen) atoms. The van der Waals surface area contributed by atoms with E-state index in [4.69, 9.17) is 43.2 Å². The summed E-state index contributed by atoms with van der Waals surface area (Å²) in [7, 11) is -1.45. The Bertz CT molecular complexity index is 6210. The Morgan fingerprint density at radius 2 is 0.575 bits per heavy atom. The number of fused-ring (bicyclic) bond motifs is 9. The fourth-order valence-electron chi connectivity index (χ4n) is 13.2. The molecule has 0 fully saturated rings. The van der Waals surface area contributed by atoms with E-state index in [0.717, 1.165) is 175 Å². The predicted molar refractivity (Wildman–Crippen MR) is 441 cm³/mol. The van der Waals surface area contributed by atoms with E-state index in [1.807, 2.05) is 134 Å². The number of hydrogen-bond acceptors (Lipinski definition) is 11. The maximum Gasteiger partial charge on any atom is 0.488 e. The van der Waals surface area contributed by atoms with Gasteiger partial charge in [-0.2, -0.15) is 0 Å². The second kappa shape index (κ2) is 30.4. The molecule has 0 saturated carbocycles. The standard InChI is InChI=1S/C51H31N3O2.C27H17Br2N3.C12H9BO3.2CH4/c1-2-9-34(10-3-1)51-53-45(33-18-16-32(17-19-33)37-11-8-24-52-31-37)30-46(54-51)40-26-38(35-20-22-49-43(28-35)41-12-4-6-14-47(41)55-49)25-39(27-40)36-21-23-50-44(29-36)42-13-5-7-15-48(42)56-50;28-23-13-22(14-24(29)15-23)26-16-25(31-27(32-26)20-5-2-1-3-6-20)19-10-8-18(9-11-19)21-7-4-12-30-17-21;14-13(15)8-5-6-12-10(7-8)9-3-1-2-4-11(9)16-12;;/h1-31H;1-17H;1-7,14-15H;2*1H4. The lowest BCUT2D eigenvalue weighted by Gasteiger charge is -2.14. The molecular formula is C92H65BBr2N6O5. The highest BCUT2D eigenvalue weighted by atomic mass is 79.9. The van der Waals surface area contributed by atoms with Gasteiger partial charge in [-0.15, -0.1) is 0 Å². The fraction of sp³-hybridized carbons (Fsp3) is 0.0217. The van der Waals surface area contributed by atoms with Gasteiger partial charge >= 0.3 is 7.12 Å². The van der Waals surface area contributed by atoms with Gasteiger partial charge in [0, 0.05) is 99.4 Å². The summed E-state index contributed by atoms with van der Waals surface area (Å²) in [6, 6.07) is 104. The quantitative estimate of drug-likeness (QED) is 0.119. The van der Waals surface area contributed by atoms with Gasteiger partial charge in [0.15, 0.2) is 11.6 Å². The second-order valence-electron chi connectivity index (χ2n) is 25.1. The Hall–Kier alpha value is -12.6. The first kappa shape index (κ1) is 69.2. The minimum Gasteiger partial charge on any atom is -0.456 e. The summed E-state index contributed by atoms with van der Waals surface area (Å²) in [6.45, 7) is 0. The highest BCUT2D eigenvalue weighted by molar-refractivity contribution is 9.11. The molecule has 0 aliphatic rings. The van der Waals surface area contributed by atoms with Crippen LogP contribution in [0.2, 0.25) is 0 Å². The van der Waals surface area contributed by atoms with Crippen molar-refractivity contribution in [2.24, 2.45) is 0 Å². The topological polar surface area (TPSA) is 157 Å². The molecule has 19 aromatic rings. The molecule has 0 radical (unpaired) electrons. The van der Waals surface area contributed by atoms with E-state index in [9.17, 15) is 0 Å². The molecule has 510 valence electrons. The molecule has 12 aromatic carbocycles. The second-order valence-corrected chi connectivity index (χ2v) is 26.9. The first-order valence-electron chi connectivity index (χ1n) is 33.7. The molecule has 7 aromatic heterocycles. The minimum absolute atomic E-state index is 0. The molecule has 0 amide bonds. The number of halogens is 2. The Labute approximate surface area is 629 Å². The molecule has 0 aliphatic heterocycles. The summed E-state index contributed by atoms with van der Waals surface area (Å²) in [5, 5.41) is 24.5. The van der Waals surface area contributed by atoms with E-state index in [-0.39, 0.29) is 14.9 Å². The van der Waals surface area contributed by atoms with Gasteiger partial charge in [-0.05, 0) is 159 Å². The lowest BCUT2D eigenvalue weighted by molar-refractivity contribution is 0.426. The van der Waals surface area contributed by atoms with Crippen LogP contribution in [0, 0.1) is 0 Å². The lowest BCUT2D eigenvalue weighted by Crippen LogP contribution is -2.29. The molecule has 7 heterocycles. The van der Waals surface area contributed by atoms with Crippen molar-refractivity contribution in [2.75, 3.05) is 0 Å². The van der Waals surface area contributed by atoms with Crippen LogP contribution in [-0.2, 0) is 0 Å². The Kier molecular flexibility index (Phi) is 19.8. The summed E-state index contributed by atoms with van der Waals surface area (Å²) in [5.41, 5.74) is 23.6. The van der Waals surface area contributed by atoms with Crippen molar-refractivity contribution in [3.05, 3.63) is 343 Å². The minimum atomic E-state index is -1.45. The number of para-hydroxylation sites is 3. The number of nitrogens with zero attached hydrogens (tertiary/aromatic N) is 6. The number of pyridine rings is 2. The van der Waals surface area contributed by atoms with E-state index in [1.54, 1.807) is 30.6 Å². The van der Waals surface area contributed by atoms with Crippen molar-refractivity contribution < 1.29 is 23.3 Å². The van der Waals surface area contributed by atoms with Gasteiger partial charge in [0.2, 0.25) is 0 Å². The van der Waals surface area contributed by atoms with Crippen molar-refractivity contribution in [2.45, 2.75) is 14.9 Å². The molecule has 0 unspecified atom stereocenters. The van der Waals surface area contributed by atoms with Gasteiger partial charge in [0.05, 0.1) is 22.8 Å². The SMILES string of the molecule is Brc1cc(Br)cc(-c2cc(-c3ccc(-c4cccnc4)cc3)nc(-c3ccccc3)n2)c1.C.C.OB(O)c1ccc2oc3ccccc3c2c1.c1ccc(-c2nc(-c3ccc(-c4cccnc4)cc3)cc(-c3cc(-c4ccc5oc6ccccc6c5c4)cc(-c4ccc5oc6ccccc6c5c4)c3)n2)cc1. The third-order valence-corrected chi connectivity index (χ3v) is 19.3. The zero-order valence-electron chi connectivity index (χ0n) is 55.4. The van der Waals surface area contributed by atoms with Gasteiger partial charge in [0.1, 0.15) is 33.5 Å². The molecule has 2 N–H and O–H groups in total. The summed E-state index contributed by atoms with van der Waals surface area (Å²) in [4.78, 5) is 28.7. The van der Waals surface area contributed by atoms with E-state index < -0.39 is 7.12 Å². The molecule has 14 heteroatoms. The van der Waals surface area contributed by atoms with Crippen LogP contribution < -0.4 is 5.46 Å². The van der Waals surface area contributed by atoms with Crippen LogP contribution in [0.4, 0.5) is 0 Å². The molecule has 19 rings (SSSR count). The van der Waals surface area contributed by atoms with Gasteiger partial charge < -0.3 is 23.3 Å². The Morgan fingerprint density at radius 3 is 0.981 bits per heavy atom. The van der Waals surface area contributed by atoms with Crippen LogP contribution in [0.3, 0.4) is 0 Å². The van der Waals surface area contributed by atoms with E-state index in [1.165, 1.54) is 0 Å². The van der Waals surface area contributed by atoms with Gasteiger partial charge in [-0.25, -0.2) is 19.9 Å². The van der Waals surface area contributed by atoms with E-state index >= 15 is 0 Å². The normalized spacial score (nSPS) is 11.1. The van der Waals surface area contributed by atoms with Gasteiger partial charge in [0.25, 0.3) is 0 Å². The van der Waals surface area contributed by atoms with Gasteiger partial charge in [-0.1, -0.05) is 247 Å². The average Bonchev–Trinajstić information content (AvgIpc) is 1.53. The Balaban J connectivity index is 0.000000150. The average molecular weight is 1510 g/mol. The highest BCUT2D eigenvalue weighted by Crippen LogP contribution is 2.41. The third-order valence-electron chi connectivity index (χ3n) is 18.4. The van der Waals surface area contributed by atoms with Crippen LogP contribution in [0.25, 0.3) is 178 Å². The lowest BCUT2D eigenvalue weighted by atomic mass is 9.80. The van der Waals surface area contributed by atoms with E-state index in [2.05, 4.69) is 212 Å². The number of hydrogen-bond donors (Lipinski definition) is 2. The third kappa shape index (κ3) is 14.5. The molecule has 0 atom stereocenters. The summed E-state index contributed by atoms with van der Waals surface area (Å²) < 4.78 is 20.0. The number of aromatic nitrogens is 6. The monoisotopic (exact) mass is 1500 g/mol. The predicted octanol–water partition coefficient (Wildman–Crippen LogP) is 24.3. The summed E-state index contributed by atoms with van der Waals surface area (Å²) in [5.74, 6) is 1.37. The van der Waals surface area contributed by atoms with Crippen LogP contribution in [0.1, 0.15) is 14.9 Å². The van der Waals surface area contributed by atoms with Gasteiger partial charge in [-0.3, -0.25) is 9.97 Å². The van der Waals surface area contributed by atoms with E-state index in [0.29, 0.717) is 17.1 Å². The number of rotatable bonds is 11. The molecule has 0 saturated heterocycles. The summed E-state index contributed by atoms with van der Waals surface area (Å²) >= 11 is 7.18. The first-order valence-corrected chi connectivity index (χ1v) is 35.3. The zero-order chi connectivity index (χ0) is 70.0. The zero-order valence-corrected chi connectivity index (χ0v) is 58.6. The number of benzene rings is 12. The highest BCUT2D eigenvalue weighted by Gasteiger charge is 2.19. The van der Waals surface area contributed by atoms with Crippen molar-refractivity contribution in [1.82, 2.24) is 29.9 Å². The van der Waals surface area contributed by atoms with Crippen molar-refractivity contribution in [3.63, 3.8) is 0 Å². The van der Waals surface area contributed by atoms with Crippen LogP contribution in [-0.4, -0.2) is 47.1 Å². The van der Waals surface area contributed by atoms with Crippen LogP contribution in [0.5, 0.6) is 0 Å². The van der Waals surface area contributed by atoms with Crippen LogP contribution in [0.15, 0.2) is 356 Å². The maximum absolute atomic E-state index is 9.12. The smallest absolute Gasteiger partial charge is 0.456 e. The molecule has 0 bridgehead atoms. The van der Waals surface area contributed by atoms with Crippen molar-refractivity contribution in [1.29, 1.82) is 0 Å². The summed E-state index contributed by atoms with van der Waals surface area (Å²) in [6.07, 6.45) is 7.33. The Morgan fingerprint density at radius 1 is 0.245 bits per heavy atom. The molecular weight excluding hydrogens is 1440 g/mol.